The maximum atomic E-state index is 11.8. The summed E-state index contributed by atoms with van der Waals surface area (Å²) < 4.78 is 0. The fraction of sp³-hybridized carbons (Fsp3) is 0.429. The zero-order chi connectivity index (χ0) is 28.3. The third-order valence-electron chi connectivity index (χ3n) is 4.72. The SMILES string of the molecule is CC(C)(C)Nc1cccc(Nc2nc(Nc3cc(NC(C)(C)C)cc(C(=O)O)c3)nc(NC(C)(C)C)n2)c1. The zero-order valence-corrected chi connectivity index (χ0v) is 23.7. The Morgan fingerprint density at radius 1 is 0.605 bits per heavy atom. The number of aromatic carboxylic acids is 1. The van der Waals surface area contributed by atoms with Crippen LogP contribution in [0.5, 0.6) is 0 Å². The number of hydrogen-bond acceptors (Lipinski definition) is 9. The van der Waals surface area contributed by atoms with Crippen molar-refractivity contribution >= 4 is 46.6 Å². The molecule has 3 aromatic rings. The number of anilines is 7. The number of hydrogen-bond donors (Lipinski definition) is 6. The standard InChI is InChI=1S/C28H40N8O2/c1-26(2,3)34-19-12-10-11-18(15-19)29-23-31-24(33-25(32-23)36-28(7,8)9)30-20-13-17(22(37)38)14-21(16-20)35-27(4,5)6/h10-16,34-35H,1-9H3,(H,37,38)(H3,29,30,31,32,33,36). The highest BCUT2D eigenvalue weighted by Gasteiger charge is 2.17. The molecule has 0 amide bonds. The van der Waals surface area contributed by atoms with Gasteiger partial charge in [-0.3, -0.25) is 0 Å². The van der Waals surface area contributed by atoms with E-state index < -0.39 is 5.97 Å². The Kier molecular flexibility index (Phi) is 8.04. The molecular weight excluding hydrogens is 480 g/mol. The topological polar surface area (TPSA) is 136 Å². The van der Waals surface area contributed by atoms with Crippen molar-refractivity contribution in [2.75, 3.05) is 26.6 Å². The number of carbonyl (C=O) groups is 1. The minimum Gasteiger partial charge on any atom is -0.478 e. The van der Waals surface area contributed by atoms with Gasteiger partial charge in [0.15, 0.2) is 0 Å². The molecule has 0 fully saturated rings. The number of nitrogens with zero attached hydrogens (tertiary/aromatic N) is 3. The van der Waals surface area contributed by atoms with Crippen LogP contribution in [0.1, 0.15) is 72.7 Å². The summed E-state index contributed by atoms with van der Waals surface area (Å²) in [6.45, 7) is 18.4. The first-order valence-electron chi connectivity index (χ1n) is 12.6. The van der Waals surface area contributed by atoms with Crippen LogP contribution in [0.4, 0.5) is 40.6 Å². The van der Waals surface area contributed by atoms with Gasteiger partial charge in [0.25, 0.3) is 0 Å². The molecule has 1 heterocycles. The Bertz CT molecular complexity index is 1290. The first-order valence-corrected chi connectivity index (χ1v) is 12.6. The van der Waals surface area contributed by atoms with Crippen LogP contribution in [0, 0.1) is 0 Å². The average molecular weight is 521 g/mol. The lowest BCUT2D eigenvalue weighted by Crippen LogP contribution is -2.28. The molecule has 0 radical (unpaired) electrons. The molecule has 0 aliphatic carbocycles. The zero-order valence-electron chi connectivity index (χ0n) is 23.7. The van der Waals surface area contributed by atoms with Crippen molar-refractivity contribution in [3.63, 3.8) is 0 Å². The van der Waals surface area contributed by atoms with Crippen molar-refractivity contribution in [3.8, 4) is 0 Å². The molecule has 10 nitrogen and oxygen atoms in total. The highest BCUT2D eigenvalue weighted by molar-refractivity contribution is 5.91. The van der Waals surface area contributed by atoms with Gasteiger partial charge in [0.05, 0.1) is 5.56 Å². The summed E-state index contributed by atoms with van der Waals surface area (Å²) in [6, 6.07) is 12.8. The summed E-state index contributed by atoms with van der Waals surface area (Å²) in [5.41, 5.74) is 2.49. The van der Waals surface area contributed by atoms with Gasteiger partial charge < -0.3 is 31.7 Å². The van der Waals surface area contributed by atoms with Crippen molar-refractivity contribution in [2.45, 2.75) is 78.9 Å². The van der Waals surface area contributed by atoms with E-state index in [1.54, 1.807) is 12.1 Å². The first kappa shape index (κ1) is 28.5. The summed E-state index contributed by atoms with van der Waals surface area (Å²) in [7, 11) is 0. The van der Waals surface area contributed by atoms with Crippen LogP contribution in [0.25, 0.3) is 0 Å². The van der Waals surface area contributed by atoms with Gasteiger partial charge in [0.1, 0.15) is 0 Å². The highest BCUT2D eigenvalue weighted by Crippen LogP contribution is 2.26. The van der Waals surface area contributed by atoms with Crippen LogP contribution in [0.15, 0.2) is 42.5 Å². The average Bonchev–Trinajstić information content (AvgIpc) is 2.69. The summed E-state index contributed by atoms with van der Waals surface area (Å²) in [5.74, 6) is -0.0431. The summed E-state index contributed by atoms with van der Waals surface area (Å²) in [6.07, 6.45) is 0. The normalized spacial score (nSPS) is 12.0. The summed E-state index contributed by atoms with van der Waals surface area (Å²) in [4.78, 5) is 25.4. The lowest BCUT2D eigenvalue weighted by Gasteiger charge is -2.23. The number of rotatable bonds is 8. The molecule has 204 valence electrons. The molecule has 10 heteroatoms. The summed E-state index contributed by atoms with van der Waals surface area (Å²) in [5, 5.41) is 26.1. The van der Waals surface area contributed by atoms with E-state index >= 15 is 0 Å². The molecule has 0 unspecified atom stereocenters. The second-order valence-corrected chi connectivity index (χ2v) is 12.4. The predicted octanol–water partition coefficient (Wildman–Crippen LogP) is 6.69. The van der Waals surface area contributed by atoms with Gasteiger partial charge in [-0.25, -0.2) is 4.79 Å². The van der Waals surface area contributed by atoms with E-state index in [0.29, 0.717) is 23.3 Å². The Hall–Kier alpha value is -4.08. The predicted molar refractivity (Wildman–Crippen MR) is 156 cm³/mol. The number of nitrogens with one attached hydrogen (secondary N) is 5. The summed E-state index contributed by atoms with van der Waals surface area (Å²) >= 11 is 0. The van der Waals surface area contributed by atoms with Gasteiger partial charge in [-0.2, -0.15) is 15.0 Å². The van der Waals surface area contributed by atoms with Crippen LogP contribution in [-0.2, 0) is 0 Å². The first-order chi connectivity index (χ1) is 17.4. The monoisotopic (exact) mass is 520 g/mol. The van der Waals surface area contributed by atoms with Crippen LogP contribution >= 0.6 is 0 Å². The molecule has 1 aromatic heterocycles. The lowest BCUT2D eigenvalue weighted by atomic mass is 10.1. The molecule has 38 heavy (non-hydrogen) atoms. The highest BCUT2D eigenvalue weighted by atomic mass is 16.4. The molecule has 2 aromatic carbocycles. The minimum absolute atomic E-state index is 0.0854. The van der Waals surface area contributed by atoms with E-state index in [-0.39, 0.29) is 28.1 Å². The van der Waals surface area contributed by atoms with E-state index in [9.17, 15) is 9.90 Å². The number of carboxylic acid groups (broad SMARTS) is 1. The van der Waals surface area contributed by atoms with Crippen molar-refractivity contribution < 1.29 is 9.90 Å². The van der Waals surface area contributed by atoms with Crippen LogP contribution < -0.4 is 26.6 Å². The van der Waals surface area contributed by atoms with Crippen LogP contribution in [0.2, 0.25) is 0 Å². The molecular formula is C28H40N8O2. The van der Waals surface area contributed by atoms with E-state index in [1.165, 1.54) is 0 Å². The van der Waals surface area contributed by atoms with Crippen molar-refractivity contribution in [2.24, 2.45) is 0 Å². The van der Waals surface area contributed by atoms with Crippen molar-refractivity contribution in [3.05, 3.63) is 48.0 Å². The molecule has 0 atom stereocenters. The second kappa shape index (κ2) is 10.7. The van der Waals surface area contributed by atoms with E-state index in [2.05, 4.69) is 62.3 Å². The van der Waals surface area contributed by atoms with E-state index in [4.69, 9.17) is 0 Å². The molecule has 6 N–H and O–H groups in total. The molecule has 0 aliphatic heterocycles. The molecule has 3 rings (SSSR count). The quantitative estimate of drug-likeness (QED) is 0.191. The Morgan fingerprint density at radius 3 is 1.61 bits per heavy atom. The number of aromatic nitrogens is 3. The molecule has 0 spiro atoms. The number of carboxylic acids is 1. The van der Waals surface area contributed by atoms with Crippen LogP contribution in [0.3, 0.4) is 0 Å². The van der Waals surface area contributed by atoms with Gasteiger partial charge in [-0.15, -0.1) is 0 Å². The molecule has 0 saturated heterocycles. The number of benzene rings is 2. The van der Waals surface area contributed by atoms with Gasteiger partial charge in [-0.05, 0) is 98.7 Å². The van der Waals surface area contributed by atoms with Crippen molar-refractivity contribution in [1.82, 2.24) is 15.0 Å². The maximum Gasteiger partial charge on any atom is 0.335 e. The van der Waals surface area contributed by atoms with Gasteiger partial charge in [-0.1, -0.05) is 6.07 Å². The van der Waals surface area contributed by atoms with Gasteiger partial charge in [0, 0.05) is 39.4 Å². The third kappa shape index (κ3) is 9.42. The largest absolute Gasteiger partial charge is 0.478 e. The Morgan fingerprint density at radius 2 is 1.05 bits per heavy atom. The fourth-order valence-electron chi connectivity index (χ4n) is 3.57. The van der Waals surface area contributed by atoms with Crippen LogP contribution in [-0.4, -0.2) is 42.6 Å². The van der Waals surface area contributed by atoms with E-state index in [1.807, 2.05) is 71.9 Å². The van der Waals surface area contributed by atoms with Gasteiger partial charge >= 0.3 is 5.97 Å². The molecule has 0 bridgehead atoms. The minimum atomic E-state index is -1.03. The van der Waals surface area contributed by atoms with E-state index in [0.717, 1.165) is 11.4 Å². The fourth-order valence-corrected chi connectivity index (χ4v) is 3.57. The smallest absolute Gasteiger partial charge is 0.335 e. The van der Waals surface area contributed by atoms with Crippen molar-refractivity contribution in [1.29, 1.82) is 0 Å². The molecule has 0 saturated carbocycles. The lowest BCUT2D eigenvalue weighted by molar-refractivity contribution is 0.0697. The second-order valence-electron chi connectivity index (χ2n) is 12.4. The molecule has 0 aliphatic rings. The Balaban J connectivity index is 1.97. The van der Waals surface area contributed by atoms with Gasteiger partial charge in [0.2, 0.25) is 17.8 Å². The third-order valence-corrected chi connectivity index (χ3v) is 4.72. The Labute approximate surface area is 225 Å². The maximum absolute atomic E-state index is 11.8.